The third-order valence-electron chi connectivity index (χ3n) is 5.01. The smallest absolute Gasteiger partial charge is 0.374 e. The Bertz CT molecular complexity index is 904. The largest absolute Gasteiger partial charge is 0.465 e. The summed E-state index contributed by atoms with van der Waals surface area (Å²) in [7, 11) is 1.09. The molecule has 1 aromatic rings. The van der Waals surface area contributed by atoms with E-state index in [0.29, 0.717) is 0 Å². The van der Waals surface area contributed by atoms with Crippen LogP contribution in [-0.4, -0.2) is 69.6 Å². The van der Waals surface area contributed by atoms with Crippen LogP contribution in [0.4, 0.5) is 0 Å². The van der Waals surface area contributed by atoms with E-state index in [1.54, 1.807) is 12.1 Å². The van der Waals surface area contributed by atoms with Crippen LogP contribution in [0.5, 0.6) is 0 Å². The molecule has 29 heavy (non-hydrogen) atoms. The van der Waals surface area contributed by atoms with Crippen LogP contribution in [0, 0.1) is 0 Å². The van der Waals surface area contributed by atoms with Gasteiger partial charge in [-0.1, -0.05) is 12.1 Å². The molecule has 0 saturated carbocycles. The van der Waals surface area contributed by atoms with E-state index in [0.717, 1.165) is 23.8 Å². The van der Waals surface area contributed by atoms with E-state index in [9.17, 15) is 24.0 Å². The third-order valence-corrected chi connectivity index (χ3v) is 5.31. The second-order valence-corrected chi connectivity index (χ2v) is 8.40. The van der Waals surface area contributed by atoms with E-state index in [4.69, 9.17) is 9.47 Å². The molecule has 3 rings (SSSR count). The number of benzene rings is 1. The molecule has 1 fully saturated rings. The van der Waals surface area contributed by atoms with Crippen molar-refractivity contribution >= 4 is 42.3 Å². The number of nitrogens with zero attached hydrogens (tertiary/aromatic N) is 2. The number of rotatable bonds is 5. The second-order valence-electron chi connectivity index (χ2n) is 7.28. The number of esters is 2. The number of fused-ring (bicyclic) bond motifs is 1. The van der Waals surface area contributed by atoms with Crippen LogP contribution in [0.15, 0.2) is 24.3 Å². The fourth-order valence-electron chi connectivity index (χ4n) is 3.63. The van der Waals surface area contributed by atoms with Crippen molar-refractivity contribution in [2.75, 3.05) is 13.7 Å². The average molecular weight is 420 g/mol. The van der Waals surface area contributed by atoms with Crippen molar-refractivity contribution < 1.29 is 33.4 Å². The summed E-state index contributed by atoms with van der Waals surface area (Å²) in [6.07, 6.45) is 0. The molecule has 0 aliphatic carbocycles. The molecule has 1 aromatic carbocycles. The minimum absolute atomic E-state index is 0.206. The SMILES string of the molecule is COC(=O)C(OC(C)=O)(N1CC(N2C(=O)c3ccccc3C2=O)C1=O)C(C)(C)S. The molecule has 10 heteroatoms. The maximum absolute atomic E-state index is 13.0. The van der Waals surface area contributed by atoms with E-state index in [-0.39, 0.29) is 17.7 Å². The van der Waals surface area contributed by atoms with Crippen LogP contribution >= 0.6 is 12.6 Å². The normalized spacial score (nSPS) is 20.7. The Hall–Kier alpha value is -2.88. The fourth-order valence-corrected chi connectivity index (χ4v) is 3.89. The molecule has 154 valence electrons. The Labute approximate surface area is 172 Å². The predicted molar refractivity (Wildman–Crippen MR) is 102 cm³/mol. The Morgan fingerprint density at radius 2 is 1.62 bits per heavy atom. The Morgan fingerprint density at radius 3 is 2.00 bits per heavy atom. The van der Waals surface area contributed by atoms with Crippen LogP contribution in [0.3, 0.4) is 0 Å². The van der Waals surface area contributed by atoms with Crippen molar-refractivity contribution in [1.82, 2.24) is 9.80 Å². The molecule has 0 bridgehead atoms. The van der Waals surface area contributed by atoms with Gasteiger partial charge in [-0.15, -0.1) is 0 Å². The molecule has 2 unspecified atom stereocenters. The first kappa shape index (κ1) is 20.8. The highest BCUT2D eigenvalue weighted by Crippen LogP contribution is 2.41. The Balaban J connectivity index is 1.96. The van der Waals surface area contributed by atoms with Gasteiger partial charge in [-0.3, -0.25) is 29.0 Å². The van der Waals surface area contributed by atoms with Gasteiger partial charge in [0.2, 0.25) is 0 Å². The van der Waals surface area contributed by atoms with Crippen molar-refractivity contribution in [2.45, 2.75) is 37.3 Å². The molecule has 9 nitrogen and oxygen atoms in total. The molecule has 2 aliphatic rings. The number of carbonyl (C=O) groups is 5. The van der Waals surface area contributed by atoms with Gasteiger partial charge in [-0.25, -0.2) is 4.79 Å². The second kappa shape index (κ2) is 6.87. The average Bonchev–Trinajstić information content (AvgIpc) is 2.89. The molecule has 0 radical (unpaired) electrons. The van der Waals surface area contributed by atoms with Gasteiger partial charge in [0.25, 0.3) is 23.4 Å². The summed E-state index contributed by atoms with van der Waals surface area (Å²) in [6.45, 7) is 3.84. The Kier molecular flexibility index (Phi) is 4.94. The summed E-state index contributed by atoms with van der Waals surface area (Å²) >= 11 is 4.37. The summed E-state index contributed by atoms with van der Waals surface area (Å²) in [5.41, 5.74) is -1.75. The van der Waals surface area contributed by atoms with E-state index < -0.39 is 46.2 Å². The zero-order valence-electron chi connectivity index (χ0n) is 16.3. The van der Waals surface area contributed by atoms with Gasteiger partial charge < -0.3 is 9.47 Å². The van der Waals surface area contributed by atoms with Gasteiger partial charge in [0.1, 0.15) is 6.04 Å². The van der Waals surface area contributed by atoms with Crippen molar-refractivity contribution in [1.29, 1.82) is 0 Å². The minimum Gasteiger partial charge on any atom is -0.465 e. The van der Waals surface area contributed by atoms with Crippen LogP contribution in [0.25, 0.3) is 0 Å². The molecular formula is C19H20N2O7S. The molecule has 3 amide bonds. The van der Waals surface area contributed by atoms with Gasteiger partial charge in [0.15, 0.2) is 0 Å². The van der Waals surface area contributed by atoms with Crippen LogP contribution in [-0.2, 0) is 23.9 Å². The topological polar surface area (TPSA) is 110 Å². The maximum atomic E-state index is 13.0. The first-order valence-corrected chi connectivity index (χ1v) is 9.21. The van der Waals surface area contributed by atoms with E-state index >= 15 is 0 Å². The fraction of sp³-hybridized carbons (Fsp3) is 0.421. The molecule has 2 atom stereocenters. The van der Waals surface area contributed by atoms with Crippen LogP contribution in [0.2, 0.25) is 0 Å². The maximum Gasteiger partial charge on any atom is 0.374 e. The number of ether oxygens (including phenoxy) is 2. The summed E-state index contributed by atoms with van der Waals surface area (Å²) in [5, 5.41) is 0. The first-order valence-electron chi connectivity index (χ1n) is 8.76. The Morgan fingerprint density at radius 1 is 1.10 bits per heavy atom. The summed E-state index contributed by atoms with van der Waals surface area (Å²) in [5.74, 6) is -3.74. The third kappa shape index (κ3) is 2.89. The van der Waals surface area contributed by atoms with Crippen molar-refractivity contribution in [2.24, 2.45) is 0 Å². The lowest BCUT2D eigenvalue weighted by atomic mass is 9.90. The van der Waals surface area contributed by atoms with Crippen molar-refractivity contribution in [3.05, 3.63) is 35.4 Å². The highest BCUT2D eigenvalue weighted by atomic mass is 32.1. The van der Waals surface area contributed by atoms with Gasteiger partial charge in [-0.2, -0.15) is 12.6 Å². The number of likely N-dealkylation sites (tertiary alicyclic amines) is 1. The lowest BCUT2D eigenvalue weighted by Gasteiger charge is -2.54. The highest BCUT2D eigenvalue weighted by Gasteiger charge is 2.66. The van der Waals surface area contributed by atoms with Gasteiger partial charge in [0, 0.05) is 6.92 Å². The molecule has 2 heterocycles. The lowest BCUT2D eigenvalue weighted by molar-refractivity contribution is -0.223. The van der Waals surface area contributed by atoms with Crippen LogP contribution < -0.4 is 0 Å². The van der Waals surface area contributed by atoms with E-state index in [2.05, 4.69) is 12.6 Å². The number of amides is 3. The van der Waals surface area contributed by atoms with Crippen molar-refractivity contribution in [3.63, 3.8) is 0 Å². The number of methoxy groups -OCH3 is 1. The molecule has 1 saturated heterocycles. The van der Waals surface area contributed by atoms with Gasteiger partial charge in [-0.05, 0) is 26.0 Å². The zero-order chi connectivity index (χ0) is 21.7. The van der Waals surface area contributed by atoms with Crippen LogP contribution in [0.1, 0.15) is 41.5 Å². The molecule has 0 aromatic heterocycles. The number of hydrogen-bond acceptors (Lipinski definition) is 8. The number of imide groups is 1. The molecule has 0 N–H and O–H groups in total. The summed E-state index contributed by atoms with van der Waals surface area (Å²) in [4.78, 5) is 64.6. The number of thiol groups is 1. The summed E-state index contributed by atoms with van der Waals surface area (Å²) in [6, 6.07) is 5.12. The number of β-lactam (4-membered cyclic amide) rings is 1. The molecule has 0 spiro atoms. The monoisotopic (exact) mass is 420 g/mol. The van der Waals surface area contributed by atoms with E-state index in [1.165, 1.54) is 26.0 Å². The quantitative estimate of drug-likeness (QED) is 0.322. The zero-order valence-corrected chi connectivity index (χ0v) is 17.2. The van der Waals surface area contributed by atoms with Gasteiger partial charge >= 0.3 is 11.9 Å². The van der Waals surface area contributed by atoms with Gasteiger partial charge in [0.05, 0.1) is 29.5 Å². The highest BCUT2D eigenvalue weighted by molar-refractivity contribution is 7.81. The molecule has 2 aliphatic heterocycles. The number of carbonyl (C=O) groups excluding carboxylic acids is 5. The van der Waals surface area contributed by atoms with Crippen molar-refractivity contribution in [3.8, 4) is 0 Å². The lowest BCUT2D eigenvalue weighted by Crippen LogP contribution is -2.78. The first-order chi connectivity index (χ1) is 13.5. The predicted octanol–water partition coefficient (Wildman–Crippen LogP) is 0.634. The molecular weight excluding hydrogens is 400 g/mol. The number of hydrogen-bond donors (Lipinski definition) is 1. The van der Waals surface area contributed by atoms with E-state index in [1.807, 2.05) is 0 Å². The standard InChI is InChI=1S/C19H20N2O7S/c1-10(22)28-19(17(26)27-4,18(2,3)29)20-9-13(16(20)25)21-14(23)11-7-5-6-8-12(11)15(21)24/h5-8,13,29H,9H2,1-4H3. The summed E-state index contributed by atoms with van der Waals surface area (Å²) < 4.78 is 8.73. The minimum atomic E-state index is -2.16.